The molecule has 4 heteroatoms. The highest BCUT2D eigenvalue weighted by Crippen LogP contribution is 2.28. The zero-order chi connectivity index (χ0) is 13.0. The van der Waals surface area contributed by atoms with Crippen LogP contribution < -0.4 is 5.73 Å². The van der Waals surface area contributed by atoms with Crippen molar-refractivity contribution < 1.29 is 4.39 Å². The Balaban J connectivity index is 2.26. The van der Waals surface area contributed by atoms with E-state index in [0.29, 0.717) is 11.3 Å². The van der Waals surface area contributed by atoms with Gasteiger partial charge < -0.3 is 5.73 Å². The van der Waals surface area contributed by atoms with Crippen LogP contribution in [-0.2, 0) is 12.1 Å². The summed E-state index contributed by atoms with van der Waals surface area (Å²) in [5, 5.41) is 0. The number of aromatic nitrogens is 1. The van der Waals surface area contributed by atoms with Crippen molar-refractivity contribution in [1.82, 2.24) is 4.98 Å². The van der Waals surface area contributed by atoms with Crippen LogP contribution in [0.5, 0.6) is 0 Å². The van der Waals surface area contributed by atoms with Gasteiger partial charge in [-0.3, -0.25) is 4.98 Å². The van der Waals surface area contributed by atoms with Crippen molar-refractivity contribution >= 4 is 15.9 Å². The van der Waals surface area contributed by atoms with Gasteiger partial charge in [-0.15, -0.1) is 0 Å². The molecule has 2 aromatic rings. The highest BCUT2D eigenvalue weighted by molar-refractivity contribution is 9.10. The quantitative estimate of drug-likeness (QED) is 0.942. The van der Waals surface area contributed by atoms with Gasteiger partial charge in [0.2, 0.25) is 0 Å². The Kier molecular flexibility index (Phi) is 4.09. The van der Waals surface area contributed by atoms with Gasteiger partial charge in [0.15, 0.2) is 5.67 Å². The van der Waals surface area contributed by atoms with Gasteiger partial charge in [-0.2, -0.15) is 0 Å². The number of halogens is 2. The molecule has 0 radical (unpaired) electrons. The van der Waals surface area contributed by atoms with Crippen molar-refractivity contribution in [2.75, 3.05) is 6.54 Å². The number of hydrogen-bond donors (Lipinski definition) is 1. The largest absolute Gasteiger partial charge is 0.327 e. The van der Waals surface area contributed by atoms with Gasteiger partial charge in [0.1, 0.15) is 0 Å². The first kappa shape index (κ1) is 13.2. The molecule has 2 rings (SSSR count). The molecule has 0 aliphatic heterocycles. The minimum Gasteiger partial charge on any atom is -0.327 e. The van der Waals surface area contributed by atoms with Crippen LogP contribution in [0.25, 0.3) is 0 Å². The van der Waals surface area contributed by atoms with Gasteiger partial charge in [-0.25, -0.2) is 4.39 Å². The minimum absolute atomic E-state index is 0.0608. The van der Waals surface area contributed by atoms with E-state index in [1.54, 1.807) is 24.4 Å². The molecular formula is C14H14BrFN2. The molecule has 1 aromatic heterocycles. The van der Waals surface area contributed by atoms with Crippen molar-refractivity contribution in [3.8, 4) is 0 Å². The van der Waals surface area contributed by atoms with Gasteiger partial charge in [0.25, 0.3) is 0 Å². The highest BCUT2D eigenvalue weighted by Gasteiger charge is 2.31. The van der Waals surface area contributed by atoms with Crippen molar-refractivity contribution in [1.29, 1.82) is 0 Å². The lowest BCUT2D eigenvalue weighted by atomic mass is 9.91. The van der Waals surface area contributed by atoms with Crippen LogP contribution in [0.15, 0.2) is 53.1 Å². The zero-order valence-corrected chi connectivity index (χ0v) is 11.4. The predicted molar refractivity (Wildman–Crippen MR) is 73.9 cm³/mol. The van der Waals surface area contributed by atoms with Crippen molar-refractivity contribution in [3.63, 3.8) is 0 Å². The summed E-state index contributed by atoms with van der Waals surface area (Å²) < 4.78 is 15.7. The van der Waals surface area contributed by atoms with Crippen molar-refractivity contribution in [3.05, 3.63) is 64.4 Å². The molecule has 1 heterocycles. The SMILES string of the molecule is NCC(F)(Cc1ccc(Br)cn1)c1ccccc1. The number of alkyl halides is 1. The van der Waals surface area contributed by atoms with E-state index in [0.717, 1.165) is 4.47 Å². The summed E-state index contributed by atoms with van der Waals surface area (Å²) in [5.41, 5.74) is 5.32. The Morgan fingerprint density at radius 1 is 1.17 bits per heavy atom. The van der Waals surface area contributed by atoms with E-state index in [-0.39, 0.29) is 13.0 Å². The van der Waals surface area contributed by atoms with Gasteiger partial charge in [-0.1, -0.05) is 30.3 Å². The highest BCUT2D eigenvalue weighted by atomic mass is 79.9. The summed E-state index contributed by atoms with van der Waals surface area (Å²) in [5.74, 6) is 0. The van der Waals surface area contributed by atoms with Crippen LogP contribution in [-0.4, -0.2) is 11.5 Å². The Bertz CT molecular complexity index is 501. The molecule has 0 aliphatic rings. The zero-order valence-electron chi connectivity index (χ0n) is 9.81. The second kappa shape index (κ2) is 5.59. The number of benzene rings is 1. The van der Waals surface area contributed by atoms with Crippen LogP contribution in [0, 0.1) is 0 Å². The number of nitrogens with two attached hydrogens (primary N) is 1. The maximum Gasteiger partial charge on any atom is 0.153 e. The Morgan fingerprint density at radius 2 is 1.89 bits per heavy atom. The van der Waals surface area contributed by atoms with E-state index < -0.39 is 5.67 Å². The number of nitrogens with zero attached hydrogens (tertiary/aromatic N) is 1. The summed E-state index contributed by atoms with van der Waals surface area (Å²) >= 11 is 3.31. The van der Waals surface area contributed by atoms with Gasteiger partial charge in [0.05, 0.1) is 0 Å². The maximum absolute atomic E-state index is 14.9. The molecule has 2 nitrogen and oxygen atoms in total. The van der Waals surface area contributed by atoms with Crippen LogP contribution in [0.4, 0.5) is 4.39 Å². The van der Waals surface area contributed by atoms with E-state index in [1.807, 2.05) is 24.3 Å². The molecular weight excluding hydrogens is 295 g/mol. The molecule has 18 heavy (non-hydrogen) atoms. The van der Waals surface area contributed by atoms with Gasteiger partial charge in [0, 0.05) is 29.3 Å². The molecule has 0 bridgehead atoms. The summed E-state index contributed by atoms with van der Waals surface area (Å²) in [6, 6.07) is 12.7. The van der Waals surface area contributed by atoms with E-state index in [1.165, 1.54) is 0 Å². The molecule has 0 saturated heterocycles. The van der Waals surface area contributed by atoms with E-state index in [9.17, 15) is 4.39 Å². The second-order valence-corrected chi connectivity index (χ2v) is 5.10. The standard InChI is InChI=1S/C14H14BrFN2/c15-12-6-7-13(18-9-12)8-14(16,10-17)11-4-2-1-3-5-11/h1-7,9H,8,10,17H2. The summed E-state index contributed by atoms with van der Waals surface area (Å²) in [7, 11) is 0. The van der Waals surface area contributed by atoms with Crippen LogP contribution >= 0.6 is 15.9 Å². The topological polar surface area (TPSA) is 38.9 Å². The third-order valence-electron chi connectivity index (χ3n) is 2.86. The average Bonchev–Trinajstić information content (AvgIpc) is 2.42. The third-order valence-corrected chi connectivity index (χ3v) is 3.33. The second-order valence-electron chi connectivity index (χ2n) is 4.18. The average molecular weight is 309 g/mol. The first-order valence-corrected chi connectivity index (χ1v) is 6.48. The van der Waals surface area contributed by atoms with Crippen LogP contribution in [0.2, 0.25) is 0 Å². The lowest BCUT2D eigenvalue weighted by Gasteiger charge is -2.23. The van der Waals surface area contributed by atoms with Crippen LogP contribution in [0.1, 0.15) is 11.3 Å². The number of rotatable bonds is 4. The van der Waals surface area contributed by atoms with Gasteiger partial charge >= 0.3 is 0 Å². The summed E-state index contributed by atoms with van der Waals surface area (Å²) in [6.07, 6.45) is 1.85. The van der Waals surface area contributed by atoms with Gasteiger partial charge in [-0.05, 0) is 33.6 Å². The smallest absolute Gasteiger partial charge is 0.153 e. The maximum atomic E-state index is 14.9. The minimum atomic E-state index is -1.57. The van der Waals surface area contributed by atoms with Crippen molar-refractivity contribution in [2.45, 2.75) is 12.1 Å². The van der Waals surface area contributed by atoms with Crippen molar-refractivity contribution in [2.24, 2.45) is 5.73 Å². The molecule has 1 aromatic carbocycles. The Hall–Kier alpha value is -1.26. The number of hydrogen-bond acceptors (Lipinski definition) is 2. The summed E-state index contributed by atoms with van der Waals surface area (Å²) in [4.78, 5) is 4.19. The first-order valence-electron chi connectivity index (χ1n) is 5.69. The summed E-state index contributed by atoms with van der Waals surface area (Å²) in [6.45, 7) is -0.0608. The predicted octanol–water partition coefficient (Wildman–Crippen LogP) is 3.21. The fourth-order valence-electron chi connectivity index (χ4n) is 1.83. The monoisotopic (exact) mass is 308 g/mol. The molecule has 2 N–H and O–H groups in total. The molecule has 0 aliphatic carbocycles. The Morgan fingerprint density at radius 3 is 2.44 bits per heavy atom. The molecule has 0 amide bonds. The molecule has 0 fully saturated rings. The molecule has 1 atom stereocenters. The molecule has 1 unspecified atom stereocenters. The number of pyridine rings is 1. The molecule has 94 valence electrons. The first-order chi connectivity index (χ1) is 8.64. The van der Waals surface area contributed by atoms with E-state index in [4.69, 9.17) is 5.73 Å². The normalized spacial score (nSPS) is 14.2. The fourth-order valence-corrected chi connectivity index (χ4v) is 2.06. The fraction of sp³-hybridized carbons (Fsp3) is 0.214. The third kappa shape index (κ3) is 2.94. The van der Waals surface area contributed by atoms with Crippen LogP contribution in [0.3, 0.4) is 0 Å². The van der Waals surface area contributed by atoms with E-state index in [2.05, 4.69) is 20.9 Å². The van der Waals surface area contributed by atoms with E-state index >= 15 is 0 Å². The lowest BCUT2D eigenvalue weighted by Crippen LogP contribution is -2.33. The Labute approximate surface area is 114 Å². The molecule has 0 saturated carbocycles. The molecule has 0 spiro atoms. The lowest BCUT2D eigenvalue weighted by molar-refractivity contribution is 0.173.